The third-order valence-electron chi connectivity index (χ3n) is 8.80. The molecule has 37 heavy (non-hydrogen) atoms. The molecule has 4 aliphatic rings. The van der Waals surface area contributed by atoms with Gasteiger partial charge in [0.2, 0.25) is 0 Å². The molecular weight excluding hydrogens is 466 g/mol. The number of aryl methyl sites for hydroxylation is 1. The van der Waals surface area contributed by atoms with Gasteiger partial charge >= 0.3 is 5.97 Å². The van der Waals surface area contributed by atoms with Crippen LogP contribution in [-0.4, -0.2) is 76.6 Å². The zero-order chi connectivity index (χ0) is 25.9. The first kappa shape index (κ1) is 25.8. The molecule has 0 spiro atoms. The summed E-state index contributed by atoms with van der Waals surface area (Å²) < 4.78 is 7.08. The third-order valence-corrected chi connectivity index (χ3v) is 8.80. The highest BCUT2D eigenvalue weighted by molar-refractivity contribution is 5.90. The van der Waals surface area contributed by atoms with Crippen LogP contribution in [0.2, 0.25) is 0 Å². The van der Waals surface area contributed by atoms with E-state index in [1.807, 2.05) is 32.0 Å². The minimum atomic E-state index is -0.816. The van der Waals surface area contributed by atoms with E-state index in [-0.39, 0.29) is 18.0 Å². The molecule has 4 saturated heterocycles. The predicted octanol–water partition coefficient (Wildman–Crippen LogP) is 3.67. The number of rotatable bonds is 7. The third kappa shape index (κ3) is 5.55. The number of nitrogens with zero attached hydrogens (tertiary/aromatic N) is 4. The quantitative estimate of drug-likeness (QED) is 0.456. The maximum Gasteiger partial charge on any atom is 0.331 e. The van der Waals surface area contributed by atoms with Gasteiger partial charge in [0.05, 0.1) is 31.2 Å². The molecule has 1 N–H and O–H groups in total. The summed E-state index contributed by atoms with van der Waals surface area (Å²) >= 11 is 0. The van der Waals surface area contributed by atoms with E-state index in [0.29, 0.717) is 29.3 Å². The van der Waals surface area contributed by atoms with Crippen LogP contribution in [-0.2, 0) is 19.9 Å². The van der Waals surface area contributed by atoms with Gasteiger partial charge in [0.1, 0.15) is 12.1 Å². The molecule has 1 amide bonds. The number of carbonyl (C=O) groups is 2. The highest BCUT2D eigenvalue weighted by atomic mass is 16.5. The molecule has 2 atom stereocenters. The lowest BCUT2D eigenvalue weighted by Crippen LogP contribution is -2.66. The summed E-state index contributed by atoms with van der Waals surface area (Å²) in [7, 11) is 0. The van der Waals surface area contributed by atoms with Crippen molar-refractivity contribution in [3.63, 3.8) is 0 Å². The number of likely N-dealkylation sites (tertiary alicyclic amines) is 1. The number of benzene rings is 1. The summed E-state index contributed by atoms with van der Waals surface area (Å²) in [4.78, 5) is 37.8. The monoisotopic (exact) mass is 506 g/mol. The number of fused-ring (bicyclic) bond motifs is 3. The van der Waals surface area contributed by atoms with Gasteiger partial charge in [-0.3, -0.25) is 14.7 Å². The van der Waals surface area contributed by atoms with Crippen molar-refractivity contribution in [3.8, 4) is 0 Å². The normalized spacial score (nSPS) is 27.6. The summed E-state index contributed by atoms with van der Waals surface area (Å²) in [5, 5.41) is 2.90. The fourth-order valence-corrected chi connectivity index (χ4v) is 6.48. The SMILES string of the molecule is Cc1cnc(NC(=O)C[N+]23CCC(CC2)[C@H](OC(=O)C(C)(c2ccccc2)N2CCCCCC2)C3)cn1. The number of aromatic nitrogens is 2. The molecule has 1 unspecified atom stereocenters. The van der Waals surface area contributed by atoms with E-state index in [1.54, 1.807) is 12.4 Å². The Hall–Kier alpha value is -2.84. The van der Waals surface area contributed by atoms with Crippen molar-refractivity contribution in [1.29, 1.82) is 0 Å². The lowest BCUT2D eigenvalue weighted by molar-refractivity contribution is -0.939. The van der Waals surface area contributed by atoms with Crippen LogP contribution in [0, 0.1) is 12.8 Å². The first-order valence-electron chi connectivity index (χ1n) is 13.8. The van der Waals surface area contributed by atoms with Gasteiger partial charge in [0, 0.05) is 18.8 Å². The van der Waals surface area contributed by atoms with Crippen LogP contribution in [0.15, 0.2) is 42.7 Å². The molecule has 0 saturated carbocycles. The zero-order valence-corrected chi connectivity index (χ0v) is 22.2. The lowest BCUT2D eigenvalue weighted by atomic mass is 9.82. The Bertz CT molecular complexity index is 1080. The first-order valence-corrected chi connectivity index (χ1v) is 13.8. The Morgan fingerprint density at radius 3 is 2.41 bits per heavy atom. The van der Waals surface area contributed by atoms with Gasteiger partial charge in [0.25, 0.3) is 5.91 Å². The van der Waals surface area contributed by atoms with Crippen molar-refractivity contribution in [1.82, 2.24) is 14.9 Å². The topological polar surface area (TPSA) is 84.4 Å². The zero-order valence-electron chi connectivity index (χ0n) is 22.2. The van der Waals surface area contributed by atoms with Crippen molar-refractivity contribution in [2.75, 3.05) is 44.6 Å². The molecule has 5 heterocycles. The Morgan fingerprint density at radius 1 is 1.05 bits per heavy atom. The van der Waals surface area contributed by atoms with E-state index in [1.165, 1.54) is 12.8 Å². The minimum absolute atomic E-state index is 0.0673. The molecule has 0 radical (unpaired) electrons. The van der Waals surface area contributed by atoms with Gasteiger partial charge in [-0.05, 0) is 45.3 Å². The van der Waals surface area contributed by atoms with Crippen molar-refractivity contribution < 1.29 is 18.8 Å². The maximum absolute atomic E-state index is 14.1. The van der Waals surface area contributed by atoms with Gasteiger partial charge < -0.3 is 14.5 Å². The Balaban J connectivity index is 1.30. The summed E-state index contributed by atoms with van der Waals surface area (Å²) in [5.41, 5.74) is 0.986. The minimum Gasteiger partial charge on any atom is -0.454 e. The Labute approximate surface area is 220 Å². The number of nitrogens with one attached hydrogen (secondary N) is 1. The van der Waals surface area contributed by atoms with Crippen LogP contribution in [0.25, 0.3) is 0 Å². The Kier molecular flexibility index (Phi) is 7.58. The van der Waals surface area contributed by atoms with E-state index in [2.05, 4.69) is 32.3 Å². The summed E-state index contributed by atoms with van der Waals surface area (Å²) in [5.74, 6) is 0.609. The fraction of sp³-hybridized carbons (Fsp3) is 0.586. The molecule has 2 bridgehead atoms. The highest BCUT2D eigenvalue weighted by Gasteiger charge is 2.51. The van der Waals surface area contributed by atoms with Crippen LogP contribution in [0.3, 0.4) is 0 Å². The van der Waals surface area contributed by atoms with Crippen LogP contribution in [0.5, 0.6) is 0 Å². The molecule has 6 rings (SSSR count). The molecular formula is C29H40N5O3+. The number of hydrogen-bond acceptors (Lipinski definition) is 6. The second kappa shape index (κ2) is 10.9. The van der Waals surface area contributed by atoms with Crippen molar-refractivity contribution >= 4 is 17.7 Å². The number of amides is 1. The smallest absolute Gasteiger partial charge is 0.331 e. The molecule has 2 aromatic rings. The van der Waals surface area contributed by atoms with E-state index >= 15 is 0 Å². The van der Waals surface area contributed by atoms with E-state index in [4.69, 9.17) is 4.74 Å². The van der Waals surface area contributed by atoms with Crippen LogP contribution in [0.1, 0.15) is 56.7 Å². The standard InChI is InChI=1S/C29H39N5O3/c1-22-18-31-26(19-30-22)32-27(35)21-34-16-12-23(13-17-34)25(20-34)37-28(36)29(2,24-10-6-5-7-11-24)33-14-8-3-4-9-15-33/h5-7,10-11,18-19,23,25H,3-4,8-9,12-17,20-21H2,1-2H3/p+1/t23?,25-,29?,34?/m1/s1. The summed E-state index contributed by atoms with van der Waals surface area (Å²) in [6.45, 7) is 8.63. The molecule has 4 fully saturated rings. The average molecular weight is 507 g/mol. The first-order chi connectivity index (χ1) is 17.9. The number of ether oxygens (including phenoxy) is 1. The van der Waals surface area contributed by atoms with Crippen LogP contribution < -0.4 is 5.32 Å². The van der Waals surface area contributed by atoms with Crippen LogP contribution in [0.4, 0.5) is 5.82 Å². The van der Waals surface area contributed by atoms with Gasteiger partial charge in [0.15, 0.2) is 18.5 Å². The summed E-state index contributed by atoms with van der Waals surface area (Å²) in [6, 6.07) is 10.1. The second-order valence-electron chi connectivity index (χ2n) is 11.3. The van der Waals surface area contributed by atoms with Crippen LogP contribution >= 0.6 is 0 Å². The van der Waals surface area contributed by atoms with E-state index in [9.17, 15) is 9.59 Å². The molecule has 198 valence electrons. The maximum atomic E-state index is 14.1. The van der Waals surface area contributed by atoms with Crippen molar-refractivity contribution in [2.24, 2.45) is 5.92 Å². The number of piperidine rings is 3. The van der Waals surface area contributed by atoms with E-state index in [0.717, 1.165) is 63.1 Å². The molecule has 8 heteroatoms. The lowest BCUT2D eigenvalue weighted by Gasteiger charge is -2.52. The molecule has 0 aliphatic carbocycles. The van der Waals surface area contributed by atoms with Gasteiger partial charge in [-0.15, -0.1) is 0 Å². The number of hydrogen-bond donors (Lipinski definition) is 1. The average Bonchev–Trinajstić information content (AvgIpc) is 3.20. The summed E-state index contributed by atoms with van der Waals surface area (Å²) in [6.07, 6.45) is 9.63. The number of anilines is 1. The van der Waals surface area contributed by atoms with Gasteiger partial charge in [-0.2, -0.15) is 0 Å². The molecule has 1 aromatic heterocycles. The number of quaternary nitrogens is 1. The molecule has 4 aliphatic heterocycles. The largest absolute Gasteiger partial charge is 0.454 e. The molecule has 8 nitrogen and oxygen atoms in total. The van der Waals surface area contributed by atoms with Crippen molar-refractivity contribution in [2.45, 2.75) is 64.0 Å². The van der Waals surface area contributed by atoms with Crippen molar-refractivity contribution in [3.05, 3.63) is 54.0 Å². The number of carbonyl (C=O) groups excluding carboxylic acids is 2. The molecule has 1 aromatic carbocycles. The van der Waals surface area contributed by atoms with E-state index < -0.39 is 5.54 Å². The van der Waals surface area contributed by atoms with Gasteiger partial charge in [-0.25, -0.2) is 9.78 Å². The Morgan fingerprint density at radius 2 is 1.76 bits per heavy atom. The number of esters is 1. The second-order valence-corrected chi connectivity index (χ2v) is 11.3. The highest BCUT2D eigenvalue weighted by Crippen LogP contribution is 2.38. The predicted molar refractivity (Wildman–Crippen MR) is 142 cm³/mol. The van der Waals surface area contributed by atoms with Gasteiger partial charge in [-0.1, -0.05) is 43.2 Å². The fourth-order valence-electron chi connectivity index (χ4n) is 6.48.